The average Bonchev–Trinajstić information content (AvgIpc) is 3.35. The van der Waals surface area contributed by atoms with Crippen molar-refractivity contribution < 1.29 is 14.7 Å². The first-order valence-electron chi connectivity index (χ1n) is 7.45. The summed E-state index contributed by atoms with van der Waals surface area (Å²) in [5.41, 5.74) is 0.405. The van der Waals surface area contributed by atoms with E-state index in [2.05, 4.69) is 4.98 Å². The van der Waals surface area contributed by atoms with Gasteiger partial charge in [0.2, 0.25) is 0 Å². The van der Waals surface area contributed by atoms with E-state index in [0.717, 1.165) is 23.6 Å². The lowest BCUT2D eigenvalue weighted by Crippen LogP contribution is -2.39. The number of nitrogens with zero attached hydrogens (tertiary/aromatic N) is 2. The molecule has 0 saturated heterocycles. The van der Waals surface area contributed by atoms with Gasteiger partial charge in [-0.15, -0.1) is 0 Å². The first-order valence-corrected chi connectivity index (χ1v) is 7.45. The summed E-state index contributed by atoms with van der Waals surface area (Å²) in [7, 11) is 0. The second-order valence-corrected chi connectivity index (χ2v) is 5.81. The van der Waals surface area contributed by atoms with Gasteiger partial charge in [0.1, 0.15) is 5.69 Å². The monoisotopic (exact) mass is 298 g/mol. The molecule has 1 unspecified atom stereocenters. The maximum absolute atomic E-state index is 12.9. The molecule has 22 heavy (non-hydrogen) atoms. The molecule has 0 spiro atoms. The summed E-state index contributed by atoms with van der Waals surface area (Å²) in [6.07, 6.45) is 3.49. The number of carboxylic acid groups (broad SMARTS) is 1. The molecule has 1 aromatic heterocycles. The minimum atomic E-state index is -0.885. The van der Waals surface area contributed by atoms with Crippen molar-refractivity contribution in [1.82, 2.24) is 9.88 Å². The molecule has 5 nitrogen and oxygen atoms in total. The summed E-state index contributed by atoms with van der Waals surface area (Å²) in [6.45, 7) is 1.85. The van der Waals surface area contributed by atoms with Crippen molar-refractivity contribution in [1.29, 1.82) is 0 Å². The number of pyridine rings is 1. The number of carboxylic acids is 1. The van der Waals surface area contributed by atoms with Gasteiger partial charge in [-0.1, -0.05) is 31.2 Å². The quantitative estimate of drug-likeness (QED) is 0.921. The van der Waals surface area contributed by atoms with Crippen LogP contribution in [0.25, 0.3) is 10.8 Å². The molecule has 1 N–H and O–H groups in total. The number of carbonyl (C=O) groups is 2. The molecule has 1 aliphatic rings. The van der Waals surface area contributed by atoms with Gasteiger partial charge in [0.15, 0.2) is 0 Å². The molecule has 1 fully saturated rings. The molecule has 5 heteroatoms. The predicted octanol–water partition coefficient (Wildman–Crippen LogP) is 2.56. The van der Waals surface area contributed by atoms with E-state index in [0.29, 0.717) is 5.69 Å². The Kier molecular flexibility index (Phi) is 3.79. The number of aliphatic carboxylic acids is 1. The zero-order valence-electron chi connectivity index (χ0n) is 12.4. The first-order chi connectivity index (χ1) is 10.6. The van der Waals surface area contributed by atoms with E-state index < -0.39 is 11.9 Å². The molecule has 114 valence electrons. The molecular weight excluding hydrogens is 280 g/mol. The van der Waals surface area contributed by atoms with E-state index in [-0.39, 0.29) is 18.5 Å². The molecule has 0 radical (unpaired) electrons. The van der Waals surface area contributed by atoms with Crippen molar-refractivity contribution in [2.45, 2.75) is 25.8 Å². The molecule has 1 atom stereocenters. The molecule has 1 aliphatic carbocycles. The van der Waals surface area contributed by atoms with Crippen molar-refractivity contribution in [3.63, 3.8) is 0 Å². The van der Waals surface area contributed by atoms with Crippen LogP contribution in [0.5, 0.6) is 0 Å². The fourth-order valence-electron chi connectivity index (χ4n) is 2.58. The van der Waals surface area contributed by atoms with Crippen LogP contribution in [-0.2, 0) is 4.79 Å². The number of aromatic nitrogens is 1. The van der Waals surface area contributed by atoms with Gasteiger partial charge in [-0.25, -0.2) is 0 Å². The summed E-state index contributed by atoms with van der Waals surface area (Å²) < 4.78 is 0. The van der Waals surface area contributed by atoms with Crippen LogP contribution in [0.15, 0.2) is 36.5 Å². The summed E-state index contributed by atoms with van der Waals surface area (Å²) in [5, 5.41) is 10.9. The summed E-state index contributed by atoms with van der Waals surface area (Å²) in [4.78, 5) is 29.9. The maximum Gasteiger partial charge on any atom is 0.308 e. The number of carbonyl (C=O) groups excluding carboxylic acids is 1. The van der Waals surface area contributed by atoms with Crippen LogP contribution >= 0.6 is 0 Å². The number of hydrogen-bond acceptors (Lipinski definition) is 3. The highest BCUT2D eigenvalue weighted by atomic mass is 16.4. The predicted molar refractivity (Wildman–Crippen MR) is 82.6 cm³/mol. The highest BCUT2D eigenvalue weighted by Crippen LogP contribution is 2.30. The Morgan fingerprint density at radius 1 is 1.32 bits per heavy atom. The standard InChI is InChI=1S/C17H18N2O3/c1-11(17(21)22)10-19(13-6-7-13)16(20)15-14-5-3-2-4-12(14)8-9-18-15/h2-5,8-9,11,13H,6-7,10H2,1H3,(H,21,22). The third kappa shape index (κ3) is 2.79. The zero-order chi connectivity index (χ0) is 15.7. The first kappa shape index (κ1) is 14.5. The lowest BCUT2D eigenvalue weighted by molar-refractivity contribution is -0.141. The number of amides is 1. The Morgan fingerprint density at radius 2 is 2.05 bits per heavy atom. The average molecular weight is 298 g/mol. The Labute approximate surface area is 128 Å². The van der Waals surface area contributed by atoms with Crippen LogP contribution in [0.3, 0.4) is 0 Å². The maximum atomic E-state index is 12.9. The largest absolute Gasteiger partial charge is 0.481 e. The number of benzene rings is 1. The lowest BCUT2D eigenvalue weighted by Gasteiger charge is -2.24. The minimum absolute atomic E-state index is 0.148. The van der Waals surface area contributed by atoms with E-state index in [4.69, 9.17) is 5.11 Å². The van der Waals surface area contributed by atoms with Gasteiger partial charge < -0.3 is 10.0 Å². The summed E-state index contributed by atoms with van der Waals surface area (Å²) >= 11 is 0. The van der Waals surface area contributed by atoms with Gasteiger partial charge in [-0.3, -0.25) is 14.6 Å². The third-order valence-electron chi connectivity index (χ3n) is 4.02. The normalized spacial score (nSPS) is 15.5. The van der Waals surface area contributed by atoms with Gasteiger partial charge in [0.25, 0.3) is 5.91 Å². The molecule has 2 aromatic rings. The van der Waals surface area contributed by atoms with E-state index >= 15 is 0 Å². The molecule has 0 bridgehead atoms. The van der Waals surface area contributed by atoms with Crippen molar-refractivity contribution >= 4 is 22.6 Å². The van der Waals surface area contributed by atoms with Gasteiger partial charge in [-0.05, 0) is 24.3 Å². The van der Waals surface area contributed by atoms with Crippen molar-refractivity contribution in [2.24, 2.45) is 5.92 Å². The number of hydrogen-bond donors (Lipinski definition) is 1. The van der Waals surface area contributed by atoms with Crippen molar-refractivity contribution in [2.75, 3.05) is 6.54 Å². The topological polar surface area (TPSA) is 70.5 Å². The highest BCUT2D eigenvalue weighted by molar-refractivity contribution is 6.05. The Hall–Kier alpha value is -2.43. The molecule has 3 rings (SSSR count). The zero-order valence-corrected chi connectivity index (χ0v) is 12.4. The lowest BCUT2D eigenvalue weighted by atomic mass is 10.1. The molecule has 1 amide bonds. The smallest absolute Gasteiger partial charge is 0.308 e. The Balaban J connectivity index is 1.94. The molecular formula is C17H18N2O3. The fraction of sp³-hybridized carbons (Fsp3) is 0.353. The molecule has 1 saturated carbocycles. The number of rotatable bonds is 5. The van der Waals surface area contributed by atoms with Crippen LogP contribution in [-0.4, -0.2) is 39.5 Å². The van der Waals surface area contributed by atoms with Crippen molar-refractivity contribution in [3.8, 4) is 0 Å². The van der Waals surface area contributed by atoms with Crippen LogP contribution in [0.2, 0.25) is 0 Å². The summed E-state index contributed by atoms with van der Waals surface area (Å²) in [6, 6.07) is 9.63. The van der Waals surface area contributed by atoms with Crippen LogP contribution in [0, 0.1) is 5.92 Å². The van der Waals surface area contributed by atoms with E-state index in [9.17, 15) is 9.59 Å². The Morgan fingerprint density at radius 3 is 2.73 bits per heavy atom. The van der Waals surface area contributed by atoms with Crippen LogP contribution in [0.4, 0.5) is 0 Å². The van der Waals surface area contributed by atoms with Gasteiger partial charge in [0.05, 0.1) is 5.92 Å². The third-order valence-corrected chi connectivity index (χ3v) is 4.02. The van der Waals surface area contributed by atoms with Crippen molar-refractivity contribution in [3.05, 3.63) is 42.2 Å². The SMILES string of the molecule is CC(CN(C(=O)c1nccc2ccccc12)C1CC1)C(=O)O. The van der Waals surface area contributed by atoms with E-state index in [1.807, 2.05) is 30.3 Å². The fourth-order valence-corrected chi connectivity index (χ4v) is 2.58. The van der Waals surface area contributed by atoms with Gasteiger partial charge >= 0.3 is 5.97 Å². The van der Waals surface area contributed by atoms with Gasteiger partial charge in [-0.2, -0.15) is 0 Å². The summed E-state index contributed by atoms with van der Waals surface area (Å²) in [5.74, 6) is -1.64. The molecule has 1 heterocycles. The van der Waals surface area contributed by atoms with E-state index in [1.54, 1.807) is 18.0 Å². The highest BCUT2D eigenvalue weighted by Gasteiger charge is 2.35. The van der Waals surface area contributed by atoms with Gasteiger partial charge in [0, 0.05) is 24.2 Å². The number of fused-ring (bicyclic) bond motifs is 1. The molecule has 0 aliphatic heterocycles. The Bertz CT molecular complexity index is 719. The van der Waals surface area contributed by atoms with E-state index in [1.165, 1.54) is 0 Å². The minimum Gasteiger partial charge on any atom is -0.481 e. The molecule has 1 aromatic carbocycles. The second-order valence-electron chi connectivity index (χ2n) is 5.81. The second kappa shape index (κ2) is 5.75. The van der Waals surface area contributed by atoms with Crippen LogP contribution in [0.1, 0.15) is 30.3 Å². The van der Waals surface area contributed by atoms with Crippen LogP contribution < -0.4 is 0 Å².